The quantitative estimate of drug-likeness (QED) is 0.566. The van der Waals surface area contributed by atoms with Gasteiger partial charge in [0.05, 0.1) is 17.8 Å². The third kappa shape index (κ3) is 6.22. The molecule has 2 heterocycles. The molecule has 0 aliphatic carbocycles. The number of rotatable bonds is 4. The number of ether oxygens (including phenoxy) is 1. The molecule has 0 N–H and O–H groups in total. The van der Waals surface area contributed by atoms with E-state index in [0.717, 1.165) is 16.8 Å². The summed E-state index contributed by atoms with van der Waals surface area (Å²) in [5.74, 6) is -0.475. The van der Waals surface area contributed by atoms with Crippen LogP contribution in [-0.4, -0.2) is 27.8 Å². The summed E-state index contributed by atoms with van der Waals surface area (Å²) < 4.78 is 6.47. The van der Waals surface area contributed by atoms with E-state index in [0.29, 0.717) is 11.4 Å². The van der Waals surface area contributed by atoms with Crippen LogP contribution in [0.1, 0.15) is 49.3 Å². The molecule has 0 saturated carbocycles. The first-order valence-electron chi connectivity index (χ1n) is 8.99. The van der Waals surface area contributed by atoms with Crippen molar-refractivity contribution in [1.29, 1.82) is 0 Å². The van der Waals surface area contributed by atoms with Crippen LogP contribution in [-0.2, 0) is 11.2 Å². The van der Waals surface area contributed by atoms with Crippen molar-refractivity contribution in [2.45, 2.75) is 34.1 Å². The van der Waals surface area contributed by atoms with E-state index < -0.39 is 5.97 Å². The Morgan fingerprint density at radius 3 is 2.37 bits per heavy atom. The standard InChI is InChI=1S/C17H14ClN3O2.2C2H6/c1-23-17(22)16-10-13(15(18)11-19-16)9-12-3-5-14(6-4-12)21-8-2-7-20-21;2*1-2/h2-8,10-11H,9H2,1H3;2*1-2H3. The van der Waals surface area contributed by atoms with E-state index in [1.165, 1.54) is 13.3 Å². The van der Waals surface area contributed by atoms with E-state index >= 15 is 0 Å². The zero-order valence-electron chi connectivity index (χ0n) is 16.4. The number of hydrogen-bond acceptors (Lipinski definition) is 4. The fourth-order valence-corrected chi connectivity index (χ4v) is 2.41. The molecular weight excluding hydrogens is 362 g/mol. The summed E-state index contributed by atoms with van der Waals surface area (Å²) in [5, 5.41) is 4.71. The molecule has 2 aromatic heterocycles. The second-order valence-electron chi connectivity index (χ2n) is 4.95. The predicted molar refractivity (Wildman–Crippen MR) is 110 cm³/mol. The Kier molecular flexibility index (Phi) is 9.83. The highest BCUT2D eigenvalue weighted by molar-refractivity contribution is 6.31. The fraction of sp³-hybridized carbons (Fsp3) is 0.286. The number of halogens is 1. The topological polar surface area (TPSA) is 57.0 Å². The van der Waals surface area contributed by atoms with Crippen LogP contribution in [0, 0.1) is 0 Å². The first kappa shape index (κ1) is 22.4. The van der Waals surface area contributed by atoms with Crippen LogP contribution < -0.4 is 0 Å². The maximum absolute atomic E-state index is 11.6. The van der Waals surface area contributed by atoms with E-state index in [1.807, 2.05) is 64.2 Å². The van der Waals surface area contributed by atoms with Crippen LogP contribution in [0.3, 0.4) is 0 Å². The molecule has 3 rings (SSSR count). The van der Waals surface area contributed by atoms with Gasteiger partial charge in [0, 0.05) is 18.6 Å². The van der Waals surface area contributed by atoms with Gasteiger partial charge in [-0.1, -0.05) is 51.4 Å². The van der Waals surface area contributed by atoms with Gasteiger partial charge in [0.25, 0.3) is 0 Å². The van der Waals surface area contributed by atoms with Gasteiger partial charge in [-0.3, -0.25) is 0 Å². The largest absolute Gasteiger partial charge is 0.464 e. The lowest BCUT2D eigenvalue weighted by Gasteiger charge is -2.08. The lowest BCUT2D eigenvalue weighted by Crippen LogP contribution is -2.05. The second-order valence-corrected chi connectivity index (χ2v) is 5.35. The van der Waals surface area contributed by atoms with Gasteiger partial charge in [-0.25, -0.2) is 14.5 Å². The molecule has 0 atom stereocenters. The van der Waals surface area contributed by atoms with Gasteiger partial charge >= 0.3 is 5.97 Å². The molecular formula is C21H26ClN3O2. The van der Waals surface area contributed by atoms with Crippen molar-refractivity contribution < 1.29 is 9.53 Å². The number of benzene rings is 1. The Morgan fingerprint density at radius 2 is 1.81 bits per heavy atom. The number of nitrogens with zero attached hydrogens (tertiary/aromatic N) is 3. The molecule has 6 heteroatoms. The molecule has 3 aromatic rings. The van der Waals surface area contributed by atoms with E-state index in [9.17, 15) is 4.79 Å². The number of esters is 1. The average molecular weight is 388 g/mol. The summed E-state index contributed by atoms with van der Waals surface area (Å²) in [6.07, 6.45) is 5.70. The van der Waals surface area contributed by atoms with E-state index in [4.69, 9.17) is 11.6 Å². The van der Waals surface area contributed by atoms with Gasteiger partial charge in [0.2, 0.25) is 0 Å². The van der Waals surface area contributed by atoms with Gasteiger partial charge in [0.1, 0.15) is 5.69 Å². The molecule has 0 aliphatic rings. The predicted octanol–water partition coefficient (Wildman–Crippen LogP) is 5.35. The minimum absolute atomic E-state index is 0.250. The molecule has 0 spiro atoms. The van der Waals surface area contributed by atoms with E-state index in [2.05, 4.69) is 14.8 Å². The van der Waals surface area contributed by atoms with Crippen LogP contribution in [0.4, 0.5) is 0 Å². The Labute approximate surface area is 166 Å². The van der Waals surface area contributed by atoms with Crippen molar-refractivity contribution in [2.75, 3.05) is 7.11 Å². The zero-order chi connectivity index (χ0) is 20.2. The maximum Gasteiger partial charge on any atom is 0.356 e. The number of pyridine rings is 1. The van der Waals surface area contributed by atoms with E-state index in [1.54, 1.807) is 16.9 Å². The molecule has 0 unspecified atom stereocenters. The Morgan fingerprint density at radius 1 is 1.15 bits per heavy atom. The molecule has 1 aromatic carbocycles. The molecule has 0 bridgehead atoms. The maximum atomic E-state index is 11.6. The van der Waals surface area contributed by atoms with Crippen LogP contribution in [0.15, 0.2) is 55.0 Å². The van der Waals surface area contributed by atoms with Crippen molar-refractivity contribution in [2.24, 2.45) is 0 Å². The second kappa shape index (κ2) is 11.9. The van der Waals surface area contributed by atoms with Crippen LogP contribution in [0.2, 0.25) is 5.02 Å². The highest BCUT2D eigenvalue weighted by Gasteiger charge is 2.11. The van der Waals surface area contributed by atoms with Crippen molar-refractivity contribution >= 4 is 17.6 Å². The van der Waals surface area contributed by atoms with Gasteiger partial charge in [-0.2, -0.15) is 5.10 Å². The molecule has 0 fully saturated rings. The summed E-state index contributed by atoms with van der Waals surface area (Å²) in [6.45, 7) is 8.00. The van der Waals surface area contributed by atoms with Crippen molar-refractivity contribution in [3.8, 4) is 5.69 Å². The number of carbonyl (C=O) groups excluding carboxylic acids is 1. The van der Waals surface area contributed by atoms with Gasteiger partial charge in [0.15, 0.2) is 0 Å². The van der Waals surface area contributed by atoms with Crippen LogP contribution in [0.25, 0.3) is 5.69 Å². The number of hydrogen-bond donors (Lipinski definition) is 0. The van der Waals surface area contributed by atoms with Crippen LogP contribution >= 0.6 is 11.6 Å². The monoisotopic (exact) mass is 387 g/mol. The molecule has 0 saturated heterocycles. The van der Waals surface area contributed by atoms with Crippen LogP contribution in [0.5, 0.6) is 0 Å². The van der Waals surface area contributed by atoms with Crippen molar-refractivity contribution in [1.82, 2.24) is 14.8 Å². The first-order chi connectivity index (χ1) is 13.2. The lowest BCUT2D eigenvalue weighted by molar-refractivity contribution is 0.0594. The molecule has 27 heavy (non-hydrogen) atoms. The summed E-state index contributed by atoms with van der Waals surface area (Å²) in [6, 6.07) is 11.5. The lowest BCUT2D eigenvalue weighted by atomic mass is 10.0. The number of aromatic nitrogens is 3. The van der Waals surface area contributed by atoms with Gasteiger partial charge in [-0.05, 0) is 41.8 Å². The molecule has 144 valence electrons. The Bertz CT molecular complexity index is 816. The third-order valence-electron chi connectivity index (χ3n) is 3.43. The van der Waals surface area contributed by atoms with Crippen molar-refractivity contribution in [3.05, 3.63) is 76.8 Å². The Balaban J connectivity index is 0.000000855. The summed E-state index contributed by atoms with van der Waals surface area (Å²) >= 11 is 6.18. The van der Waals surface area contributed by atoms with Crippen molar-refractivity contribution in [3.63, 3.8) is 0 Å². The summed E-state index contributed by atoms with van der Waals surface area (Å²) in [5.41, 5.74) is 3.13. The summed E-state index contributed by atoms with van der Waals surface area (Å²) in [4.78, 5) is 15.5. The highest BCUT2D eigenvalue weighted by atomic mass is 35.5. The average Bonchev–Trinajstić information content (AvgIpc) is 3.27. The third-order valence-corrected chi connectivity index (χ3v) is 3.77. The van der Waals surface area contributed by atoms with Gasteiger partial charge in [-0.15, -0.1) is 0 Å². The first-order valence-corrected chi connectivity index (χ1v) is 9.37. The molecule has 5 nitrogen and oxygen atoms in total. The molecule has 0 aliphatic heterocycles. The van der Waals surface area contributed by atoms with E-state index in [-0.39, 0.29) is 5.69 Å². The molecule has 0 radical (unpaired) electrons. The Hall–Kier alpha value is -2.66. The zero-order valence-corrected chi connectivity index (χ0v) is 17.2. The summed E-state index contributed by atoms with van der Waals surface area (Å²) in [7, 11) is 1.33. The fourth-order valence-electron chi connectivity index (χ4n) is 2.24. The minimum atomic E-state index is -0.475. The molecule has 0 amide bonds. The SMILES string of the molecule is CC.CC.COC(=O)c1cc(Cc2ccc(-n3cccn3)cc2)c(Cl)cn1. The highest BCUT2D eigenvalue weighted by Crippen LogP contribution is 2.20. The number of methoxy groups -OCH3 is 1. The smallest absolute Gasteiger partial charge is 0.356 e. The minimum Gasteiger partial charge on any atom is -0.464 e. The number of carbonyl (C=O) groups is 1. The van der Waals surface area contributed by atoms with Gasteiger partial charge < -0.3 is 4.74 Å². The normalized spacial score (nSPS) is 9.41.